The highest BCUT2D eigenvalue weighted by Gasteiger charge is 2.27. The SMILES string of the molecule is CCC1CC(NC(=O)C(C)C)CN(CC(C)C)C1. The third kappa shape index (κ3) is 4.97. The van der Waals surface area contributed by atoms with E-state index in [0.717, 1.165) is 25.4 Å². The lowest BCUT2D eigenvalue weighted by molar-refractivity contribution is -0.125. The van der Waals surface area contributed by atoms with Crippen LogP contribution in [0.25, 0.3) is 0 Å². The van der Waals surface area contributed by atoms with Crippen molar-refractivity contribution >= 4 is 5.91 Å². The third-order valence-electron chi connectivity index (χ3n) is 3.68. The summed E-state index contributed by atoms with van der Waals surface area (Å²) in [7, 11) is 0. The van der Waals surface area contributed by atoms with Crippen molar-refractivity contribution in [3.8, 4) is 0 Å². The summed E-state index contributed by atoms with van der Waals surface area (Å²) in [4.78, 5) is 14.3. The Hall–Kier alpha value is -0.570. The Morgan fingerprint density at radius 2 is 1.94 bits per heavy atom. The van der Waals surface area contributed by atoms with Crippen molar-refractivity contribution in [2.45, 2.75) is 53.5 Å². The molecule has 1 aliphatic heterocycles. The summed E-state index contributed by atoms with van der Waals surface area (Å²) in [5.41, 5.74) is 0. The van der Waals surface area contributed by atoms with Crippen LogP contribution in [-0.4, -0.2) is 36.5 Å². The molecule has 0 saturated carbocycles. The van der Waals surface area contributed by atoms with Gasteiger partial charge in [0.05, 0.1) is 0 Å². The fourth-order valence-corrected chi connectivity index (χ4v) is 2.74. The summed E-state index contributed by atoms with van der Waals surface area (Å²) in [5, 5.41) is 3.21. The van der Waals surface area contributed by atoms with Gasteiger partial charge in [-0.05, 0) is 18.3 Å². The molecule has 2 atom stereocenters. The number of amides is 1. The van der Waals surface area contributed by atoms with E-state index >= 15 is 0 Å². The Labute approximate surface area is 112 Å². The Morgan fingerprint density at radius 3 is 2.44 bits per heavy atom. The number of carbonyl (C=O) groups is 1. The maximum Gasteiger partial charge on any atom is 0.222 e. The van der Waals surface area contributed by atoms with E-state index in [0.29, 0.717) is 12.0 Å². The molecule has 1 fully saturated rings. The predicted octanol–water partition coefficient (Wildman–Crippen LogP) is 2.52. The first-order chi connectivity index (χ1) is 8.42. The molecule has 106 valence electrons. The molecule has 3 nitrogen and oxygen atoms in total. The monoisotopic (exact) mass is 254 g/mol. The lowest BCUT2D eigenvalue weighted by atomic mass is 9.91. The number of nitrogens with one attached hydrogen (secondary N) is 1. The maximum atomic E-state index is 11.8. The highest BCUT2D eigenvalue weighted by Crippen LogP contribution is 2.20. The topological polar surface area (TPSA) is 32.3 Å². The van der Waals surface area contributed by atoms with Crippen LogP contribution in [0.1, 0.15) is 47.5 Å². The van der Waals surface area contributed by atoms with E-state index in [9.17, 15) is 4.79 Å². The number of carbonyl (C=O) groups excluding carboxylic acids is 1. The average molecular weight is 254 g/mol. The zero-order valence-corrected chi connectivity index (χ0v) is 12.7. The first-order valence-electron chi connectivity index (χ1n) is 7.45. The van der Waals surface area contributed by atoms with Crippen LogP contribution in [0.3, 0.4) is 0 Å². The second kappa shape index (κ2) is 7.13. The Bertz CT molecular complexity index is 263. The normalized spacial score (nSPS) is 25.7. The highest BCUT2D eigenvalue weighted by molar-refractivity contribution is 5.78. The van der Waals surface area contributed by atoms with Crippen LogP contribution >= 0.6 is 0 Å². The standard InChI is InChI=1S/C15H30N2O/c1-6-13-7-14(16-15(18)12(4)5)10-17(9-13)8-11(2)3/h11-14H,6-10H2,1-5H3,(H,16,18). The molecule has 18 heavy (non-hydrogen) atoms. The molecule has 0 aromatic rings. The van der Waals surface area contributed by atoms with Crippen molar-refractivity contribution in [2.75, 3.05) is 19.6 Å². The van der Waals surface area contributed by atoms with E-state index in [2.05, 4.69) is 31.0 Å². The minimum atomic E-state index is 0.0885. The van der Waals surface area contributed by atoms with Gasteiger partial charge < -0.3 is 10.2 Å². The molecule has 1 N–H and O–H groups in total. The van der Waals surface area contributed by atoms with Crippen molar-refractivity contribution in [2.24, 2.45) is 17.8 Å². The molecule has 0 aromatic heterocycles. The summed E-state index contributed by atoms with van der Waals surface area (Å²) >= 11 is 0. The fourth-order valence-electron chi connectivity index (χ4n) is 2.74. The van der Waals surface area contributed by atoms with Crippen LogP contribution in [0.2, 0.25) is 0 Å². The number of rotatable bonds is 5. The average Bonchev–Trinajstić information content (AvgIpc) is 2.27. The molecule has 0 aromatic carbocycles. The van der Waals surface area contributed by atoms with Crippen LogP contribution in [0, 0.1) is 17.8 Å². The van der Waals surface area contributed by atoms with Gasteiger partial charge in [0.25, 0.3) is 0 Å². The van der Waals surface area contributed by atoms with E-state index in [1.165, 1.54) is 13.0 Å². The molecule has 1 rings (SSSR count). The molecule has 1 heterocycles. The first kappa shape index (κ1) is 15.5. The molecule has 3 heteroatoms. The third-order valence-corrected chi connectivity index (χ3v) is 3.68. The molecule has 0 spiro atoms. The Balaban J connectivity index is 2.54. The van der Waals surface area contributed by atoms with Crippen LogP contribution in [0.4, 0.5) is 0 Å². The summed E-state index contributed by atoms with van der Waals surface area (Å²) in [5.74, 6) is 1.71. The molecular weight excluding hydrogens is 224 g/mol. The minimum absolute atomic E-state index is 0.0885. The van der Waals surface area contributed by atoms with Crippen molar-refractivity contribution in [3.63, 3.8) is 0 Å². The molecule has 1 aliphatic rings. The van der Waals surface area contributed by atoms with Gasteiger partial charge in [-0.1, -0.05) is 41.0 Å². The maximum absolute atomic E-state index is 11.8. The zero-order chi connectivity index (χ0) is 13.7. The van der Waals surface area contributed by atoms with E-state index in [4.69, 9.17) is 0 Å². The van der Waals surface area contributed by atoms with Gasteiger partial charge in [-0.15, -0.1) is 0 Å². The molecule has 0 bridgehead atoms. The number of piperidine rings is 1. The van der Waals surface area contributed by atoms with Crippen LogP contribution < -0.4 is 5.32 Å². The zero-order valence-electron chi connectivity index (χ0n) is 12.7. The van der Waals surface area contributed by atoms with Gasteiger partial charge in [-0.3, -0.25) is 4.79 Å². The number of likely N-dealkylation sites (tertiary alicyclic amines) is 1. The first-order valence-corrected chi connectivity index (χ1v) is 7.45. The van der Waals surface area contributed by atoms with Crippen molar-refractivity contribution < 1.29 is 4.79 Å². The number of hydrogen-bond acceptors (Lipinski definition) is 2. The van der Waals surface area contributed by atoms with E-state index < -0.39 is 0 Å². The largest absolute Gasteiger partial charge is 0.352 e. The quantitative estimate of drug-likeness (QED) is 0.817. The van der Waals surface area contributed by atoms with Gasteiger partial charge in [0.1, 0.15) is 0 Å². The van der Waals surface area contributed by atoms with Crippen LogP contribution in [0.5, 0.6) is 0 Å². The number of nitrogens with zero attached hydrogens (tertiary/aromatic N) is 1. The summed E-state index contributed by atoms with van der Waals surface area (Å²) < 4.78 is 0. The molecule has 2 unspecified atom stereocenters. The molecule has 1 amide bonds. The van der Waals surface area contributed by atoms with Gasteiger partial charge in [0, 0.05) is 31.6 Å². The molecular formula is C15H30N2O. The second-order valence-electron chi connectivity index (χ2n) is 6.48. The second-order valence-corrected chi connectivity index (χ2v) is 6.48. The van der Waals surface area contributed by atoms with Crippen molar-refractivity contribution in [1.82, 2.24) is 10.2 Å². The lowest BCUT2D eigenvalue weighted by Gasteiger charge is -2.38. The number of hydrogen-bond donors (Lipinski definition) is 1. The Kier molecular flexibility index (Phi) is 6.13. The fraction of sp³-hybridized carbons (Fsp3) is 0.933. The summed E-state index contributed by atoms with van der Waals surface area (Å²) in [6.45, 7) is 14.1. The summed E-state index contributed by atoms with van der Waals surface area (Å²) in [6.07, 6.45) is 2.35. The smallest absolute Gasteiger partial charge is 0.222 e. The molecule has 1 saturated heterocycles. The van der Waals surface area contributed by atoms with Gasteiger partial charge in [0.15, 0.2) is 0 Å². The van der Waals surface area contributed by atoms with Crippen LogP contribution in [-0.2, 0) is 4.79 Å². The summed E-state index contributed by atoms with van der Waals surface area (Å²) in [6, 6.07) is 0.345. The predicted molar refractivity (Wildman–Crippen MR) is 76.4 cm³/mol. The van der Waals surface area contributed by atoms with Crippen molar-refractivity contribution in [1.29, 1.82) is 0 Å². The molecule has 0 aliphatic carbocycles. The van der Waals surface area contributed by atoms with Gasteiger partial charge >= 0.3 is 0 Å². The Morgan fingerprint density at radius 1 is 1.28 bits per heavy atom. The lowest BCUT2D eigenvalue weighted by Crippen LogP contribution is -2.52. The van der Waals surface area contributed by atoms with Gasteiger partial charge in [-0.25, -0.2) is 0 Å². The van der Waals surface area contributed by atoms with E-state index in [-0.39, 0.29) is 11.8 Å². The highest BCUT2D eigenvalue weighted by atomic mass is 16.1. The van der Waals surface area contributed by atoms with Crippen LogP contribution in [0.15, 0.2) is 0 Å². The van der Waals surface area contributed by atoms with Gasteiger partial charge in [0.2, 0.25) is 5.91 Å². The van der Waals surface area contributed by atoms with E-state index in [1.807, 2.05) is 13.8 Å². The van der Waals surface area contributed by atoms with Gasteiger partial charge in [-0.2, -0.15) is 0 Å². The van der Waals surface area contributed by atoms with Crippen molar-refractivity contribution in [3.05, 3.63) is 0 Å². The molecule has 0 radical (unpaired) electrons. The minimum Gasteiger partial charge on any atom is -0.352 e. The van der Waals surface area contributed by atoms with E-state index in [1.54, 1.807) is 0 Å².